The summed E-state index contributed by atoms with van der Waals surface area (Å²) >= 11 is 6.09. The van der Waals surface area contributed by atoms with E-state index in [0.717, 1.165) is 5.56 Å². The number of hydrogen-bond donors (Lipinski definition) is 0. The van der Waals surface area contributed by atoms with Gasteiger partial charge in [-0.05, 0) is 37.3 Å². The van der Waals surface area contributed by atoms with Gasteiger partial charge in [-0.3, -0.25) is 4.79 Å². The predicted octanol–water partition coefficient (Wildman–Crippen LogP) is 5.67. The SMILES string of the molecule is COc1cc(C(=O)Oc2c(-c3ccc(C)cc3)oc3ccc(Cl)cc3c2=O)cc(OC)c1OC. The summed E-state index contributed by atoms with van der Waals surface area (Å²) in [5.74, 6) is -0.0733. The fourth-order valence-corrected chi connectivity index (χ4v) is 3.66. The zero-order chi connectivity index (χ0) is 24.4. The molecular formula is C26H21ClO7. The van der Waals surface area contributed by atoms with Crippen LogP contribution in [0.3, 0.4) is 0 Å². The first-order valence-electron chi connectivity index (χ1n) is 10.2. The van der Waals surface area contributed by atoms with Crippen molar-refractivity contribution >= 4 is 28.5 Å². The summed E-state index contributed by atoms with van der Waals surface area (Å²) in [5, 5.41) is 0.542. The molecule has 7 nitrogen and oxygen atoms in total. The molecule has 1 aromatic heterocycles. The first kappa shape index (κ1) is 23.2. The number of rotatable bonds is 6. The average molecular weight is 481 g/mol. The number of fused-ring (bicyclic) bond motifs is 1. The van der Waals surface area contributed by atoms with Crippen molar-refractivity contribution < 1.29 is 28.2 Å². The van der Waals surface area contributed by atoms with Crippen molar-refractivity contribution in [1.82, 2.24) is 0 Å². The van der Waals surface area contributed by atoms with Gasteiger partial charge in [0.05, 0.1) is 32.3 Å². The lowest BCUT2D eigenvalue weighted by atomic mass is 10.1. The number of halogens is 1. The highest BCUT2D eigenvalue weighted by atomic mass is 35.5. The first-order chi connectivity index (χ1) is 16.4. The highest BCUT2D eigenvalue weighted by Gasteiger charge is 2.24. The third-order valence-corrected chi connectivity index (χ3v) is 5.45. The number of aryl methyl sites for hydroxylation is 1. The minimum atomic E-state index is -0.804. The monoisotopic (exact) mass is 480 g/mol. The molecule has 0 atom stereocenters. The average Bonchev–Trinajstić information content (AvgIpc) is 2.85. The largest absolute Gasteiger partial charge is 0.493 e. The summed E-state index contributed by atoms with van der Waals surface area (Å²) in [6, 6.07) is 14.9. The van der Waals surface area contributed by atoms with E-state index in [-0.39, 0.29) is 34.0 Å². The van der Waals surface area contributed by atoms with Gasteiger partial charge < -0.3 is 23.4 Å². The second-order valence-corrected chi connectivity index (χ2v) is 7.84. The summed E-state index contributed by atoms with van der Waals surface area (Å²) < 4.78 is 27.6. The van der Waals surface area contributed by atoms with Gasteiger partial charge >= 0.3 is 5.97 Å². The number of benzene rings is 3. The van der Waals surface area contributed by atoms with Gasteiger partial charge in [-0.2, -0.15) is 0 Å². The van der Waals surface area contributed by atoms with E-state index in [1.54, 1.807) is 24.3 Å². The van der Waals surface area contributed by atoms with E-state index in [1.165, 1.54) is 39.5 Å². The molecule has 0 saturated heterocycles. The molecule has 0 spiro atoms. The maximum Gasteiger partial charge on any atom is 0.344 e. The molecule has 0 aliphatic heterocycles. The van der Waals surface area contributed by atoms with E-state index >= 15 is 0 Å². The van der Waals surface area contributed by atoms with Gasteiger partial charge in [0.15, 0.2) is 17.3 Å². The van der Waals surface area contributed by atoms with Gasteiger partial charge in [-0.1, -0.05) is 41.4 Å². The standard InChI is InChI=1S/C26H21ClO7/c1-14-5-7-15(8-6-14)23-25(22(28)18-13-17(27)9-10-19(18)33-23)34-26(29)16-11-20(30-2)24(32-4)21(12-16)31-3/h5-13H,1-4H3. The van der Waals surface area contributed by atoms with Crippen LogP contribution in [0.2, 0.25) is 5.02 Å². The topological polar surface area (TPSA) is 84.2 Å². The Morgan fingerprint density at radius 2 is 1.50 bits per heavy atom. The van der Waals surface area contributed by atoms with Gasteiger partial charge in [0.2, 0.25) is 16.9 Å². The Morgan fingerprint density at radius 1 is 0.853 bits per heavy atom. The Morgan fingerprint density at radius 3 is 2.09 bits per heavy atom. The minimum absolute atomic E-state index is 0.0925. The van der Waals surface area contributed by atoms with Crippen LogP contribution in [0.15, 0.2) is 63.8 Å². The van der Waals surface area contributed by atoms with Crippen molar-refractivity contribution in [3.05, 3.63) is 81.0 Å². The van der Waals surface area contributed by atoms with Crippen LogP contribution in [-0.2, 0) is 0 Å². The molecule has 0 aliphatic rings. The van der Waals surface area contributed by atoms with E-state index in [4.69, 9.17) is 35.0 Å². The number of esters is 1. The molecule has 0 amide bonds. The molecule has 174 valence electrons. The molecule has 0 fully saturated rings. The summed E-state index contributed by atoms with van der Waals surface area (Å²) in [6.07, 6.45) is 0. The molecule has 3 aromatic carbocycles. The van der Waals surface area contributed by atoms with Crippen molar-refractivity contribution in [1.29, 1.82) is 0 Å². The van der Waals surface area contributed by atoms with Gasteiger partial charge in [-0.15, -0.1) is 0 Å². The second-order valence-electron chi connectivity index (χ2n) is 7.40. The summed E-state index contributed by atoms with van der Waals surface area (Å²) in [5.41, 5.74) is 1.48. The molecule has 34 heavy (non-hydrogen) atoms. The van der Waals surface area contributed by atoms with Gasteiger partial charge in [0.25, 0.3) is 0 Å². The molecular weight excluding hydrogens is 460 g/mol. The molecule has 4 aromatic rings. The third kappa shape index (κ3) is 4.30. The molecule has 0 N–H and O–H groups in total. The van der Waals surface area contributed by atoms with Crippen LogP contribution in [0.1, 0.15) is 15.9 Å². The highest BCUT2D eigenvalue weighted by Crippen LogP contribution is 2.39. The van der Waals surface area contributed by atoms with E-state index < -0.39 is 11.4 Å². The predicted molar refractivity (Wildman–Crippen MR) is 129 cm³/mol. The van der Waals surface area contributed by atoms with Crippen LogP contribution in [-0.4, -0.2) is 27.3 Å². The Bertz CT molecular complexity index is 1410. The molecule has 0 bridgehead atoms. The molecule has 0 aliphatic carbocycles. The van der Waals surface area contributed by atoms with Gasteiger partial charge in [0.1, 0.15) is 5.58 Å². The third-order valence-electron chi connectivity index (χ3n) is 5.22. The van der Waals surface area contributed by atoms with Crippen LogP contribution in [0.5, 0.6) is 23.0 Å². The number of methoxy groups -OCH3 is 3. The smallest absolute Gasteiger partial charge is 0.344 e. The van der Waals surface area contributed by atoms with Crippen LogP contribution in [0, 0.1) is 6.92 Å². The molecule has 0 unspecified atom stereocenters. The van der Waals surface area contributed by atoms with E-state index in [2.05, 4.69) is 0 Å². The second kappa shape index (κ2) is 9.49. The summed E-state index contributed by atoms with van der Waals surface area (Å²) in [7, 11) is 4.32. The highest BCUT2D eigenvalue weighted by molar-refractivity contribution is 6.31. The van der Waals surface area contributed by atoms with Gasteiger partial charge in [-0.25, -0.2) is 4.79 Å². The number of hydrogen-bond acceptors (Lipinski definition) is 7. The van der Waals surface area contributed by atoms with E-state index in [1.807, 2.05) is 19.1 Å². The Balaban J connectivity index is 1.87. The van der Waals surface area contributed by atoms with Crippen LogP contribution in [0.25, 0.3) is 22.3 Å². The van der Waals surface area contributed by atoms with Gasteiger partial charge in [0, 0.05) is 10.6 Å². The number of carbonyl (C=O) groups excluding carboxylic acids is 1. The van der Waals surface area contributed by atoms with Crippen molar-refractivity contribution in [3.63, 3.8) is 0 Å². The molecule has 0 saturated carbocycles. The quantitative estimate of drug-likeness (QED) is 0.329. The number of carbonyl (C=O) groups is 1. The Labute approximate surface area is 200 Å². The first-order valence-corrected chi connectivity index (χ1v) is 10.6. The zero-order valence-corrected chi connectivity index (χ0v) is 19.7. The fraction of sp³-hybridized carbons (Fsp3) is 0.154. The van der Waals surface area contributed by atoms with Crippen molar-refractivity contribution in [2.45, 2.75) is 6.92 Å². The van der Waals surface area contributed by atoms with Crippen LogP contribution in [0.4, 0.5) is 0 Å². The van der Waals surface area contributed by atoms with Crippen molar-refractivity contribution in [2.24, 2.45) is 0 Å². The van der Waals surface area contributed by atoms with Crippen molar-refractivity contribution in [2.75, 3.05) is 21.3 Å². The molecule has 8 heteroatoms. The molecule has 0 radical (unpaired) electrons. The Hall–Kier alpha value is -3.97. The van der Waals surface area contributed by atoms with Crippen LogP contribution < -0.4 is 24.4 Å². The lowest BCUT2D eigenvalue weighted by Crippen LogP contribution is -2.16. The normalized spacial score (nSPS) is 10.7. The Kier molecular flexibility index (Phi) is 6.47. The van der Waals surface area contributed by atoms with E-state index in [9.17, 15) is 9.59 Å². The van der Waals surface area contributed by atoms with E-state index in [0.29, 0.717) is 21.9 Å². The maximum atomic E-state index is 13.4. The maximum absolute atomic E-state index is 13.4. The molecule has 1 heterocycles. The fourth-order valence-electron chi connectivity index (χ4n) is 3.49. The molecule has 4 rings (SSSR count). The summed E-state index contributed by atoms with van der Waals surface area (Å²) in [4.78, 5) is 26.6. The summed E-state index contributed by atoms with van der Waals surface area (Å²) in [6.45, 7) is 1.94. The lowest BCUT2D eigenvalue weighted by Gasteiger charge is -2.14. The zero-order valence-electron chi connectivity index (χ0n) is 18.9. The van der Waals surface area contributed by atoms with Crippen molar-refractivity contribution in [3.8, 4) is 34.3 Å². The lowest BCUT2D eigenvalue weighted by molar-refractivity contribution is 0.0730. The van der Waals surface area contributed by atoms with Crippen LogP contribution >= 0.6 is 11.6 Å². The number of ether oxygens (including phenoxy) is 4. The minimum Gasteiger partial charge on any atom is -0.493 e.